The molecule has 1 unspecified atom stereocenters. The maximum Gasteiger partial charge on any atom is 0.263 e. The molecule has 1 atom stereocenters. The van der Waals surface area contributed by atoms with Crippen LogP contribution in [-0.2, 0) is 0 Å². The van der Waals surface area contributed by atoms with Crippen LogP contribution in [0.15, 0.2) is 15.9 Å². The first-order valence-electron chi connectivity index (χ1n) is 5.40. The zero-order valence-corrected chi connectivity index (χ0v) is 11.6. The lowest BCUT2D eigenvalue weighted by Crippen LogP contribution is -2.29. The van der Waals surface area contributed by atoms with Gasteiger partial charge in [0.25, 0.3) is 5.91 Å². The molecule has 2 rings (SSSR count). The van der Waals surface area contributed by atoms with Crippen LogP contribution < -0.4 is 5.32 Å². The summed E-state index contributed by atoms with van der Waals surface area (Å²) in [6, 6.07) is 3.82. The van der Waals surface area contributed by atoms with Gasteiger partial charge in [-0.05, 0) is 54.0 Å². The van der Waals surface area contributed by atoms with Gasteiger partial charge in [-0.3, -0.25) is 4.79 Å². The fraction of sp³-hybridized carbons (Fsp3) is 0.545. The molecule has 5 heteroatoms. The van der Waals surface area contributed by atoms with E-state index in [1.807, 2.05) is 24.1 Å². The topological polar surface area (TPSA) is 32.3 Å². The van der Waals surface area contributed by atoms with Gasteiger partial charge in [-0.2, -0.15) is 0 Å². The molecule has 0 spiro atoms. The number of thiophene rings is 1. The Hall–Kier alpha value is -0.390. The highest BCUT2D eigenvalue weighted by molar-refractivity contribution is 9.11. The smallest absolute Gasteiger partial charge is 0.263 e. The number of halogens is 1. The summed E-state index contributed by atoms with van der Waals surface area (Å²) in [5.41, 5.74) is 0. The Kier molecular flexibility index (Phi) is 4.00. The van der Waals surface area contributed by atoms with Crippen LogP contribution in [0.5, 0.6) is 0 Å². The number of rotatable bonds is 3. The normalized spacial score (nSPS) is 20.4. The lowest BCUT2D eigenvalue weighted by Gasteiger charge is -2.15. The van der Waals surface area contributed by atoms with Gasteiger partial charge in [0.2, 0.25) is 0 Å². The third-order valence-electron chi connectivity index (χ3n) is 2.85. The summed E-state index contributed by atoms with van der Waals surface area (Å²) in [4.78, 5) is 14.9. The Balaban J connectivity index is 1.97. The number of carbonyl (C=O) groups is 1. The second-order valence-corrected chi connectivity index (χ2v) is 6.53. The molecule has 0 aromatic carbocycles. The molecule has 1 N–H and O–H groups in total. The van der Waals surface area contributed by atoms with E-state index in [1.165, 1.54) is 11.3 Å². The van der Waals surface area contributed by atoms with E-state index in [2.05, 4.69) is 21.2 Å². The van der Waals surface area contributed by atoms with Crippen molar-refractivity contribution in [3.8, 4) is 0 Å². The minimum Gasteiger partial charge on any atom is -0.338 e. The molecule has 3 nitrogen and oxygen atoms in total. The van der Waals surface area contributed by atoms with Gasteiger partial charge in [0, 0.05) is 13.1 Å². The number of hydrogen-bond acceptors (Lipinski definition) is 3. The molecule has 88 valence electrons. The lowest BCUT2D eigenvalue weighted by atomic mass is 10.1. The molecule has 1 aliphatic rings. The fourth-order valence-electron chi connectivity index (χ4n) is 2.06. The molecule has 1 aromatic heterocycles. The average molecular weight is 303 g/mol. The second kappa shape index (κ2) is 5.29. The first-order chi connectivity index (χ1) is 7.70. The summed E-state index contributed by atoms with van der Waals surface area (Å²) in [5, 5.41) is 3.17. The van der Waals surface area contributed by atoms with E-state index in [-0.39, 0.29) is 5.91 Å². The summed E-state index contributed by atoms with van der Waals surface area (Å²) in [6.07, 6.45) is 1.11. The minimum atomic E-state index is 0.175. The van der Waals surface area contributed by atoms with E-state index in [0.717, 1.165) is 34.7 Å². The quantitative estimate of drug-likeness (QED) is 0.928. The SMILES string of the molecule is CNCC1CCN(C(=O)c2ccc(Br)s2)C1. The molecule has 0 aliphatic carbocycles. The van der Waals surface area contributed by atoms with E-state index >= 15 is 0 Å². The minimum absolute atomic E-state index is 0.175. The van der Waals surface area contributed by atoms with Crippen LogP contribution >= 0.6 is 27.3 Å². The maximum atomic E-state index is 12.1. The van der Waals surface area contributed by atoms with Crippen LogP contribution in [0.1, 0.15) is 16.1 Å². The van der Waals surface area contributed by atoms with E-state index in [9.17, 15) is 4.79 Å². The highest BCUT2D eigenvalue weighted by Crippen LogP contribution is 2.25. The highest BCUT2D eigenvalue weighted by atomic mass is 79.9. The number of amides is 1. The molecule has 2 heterocycles. The van der Waals surface area contributed by atoms with Gasteiger partial charge in [-0.1, -0.05) is 0 Å². The molecule has 0 bridgehead atoms. The number of hydrogen-bond donors (Lipinski definition) is 1. The standard InChI is InChI=1S/C11H15BrN2OS/c1-13-6-8-4-5-14(7-8)11(15)9-2-3-10(12)16-9/h2-3,8,13H,4-7H2,1H3. The predicted octanol–water partition coefficient (Wildman–Crippen LogP) is 2.19. The van der Waals surface area contributed by atoms with Crippen LogP contribution in [0.25, 0.3) is 0 Å². The number of nitrogens with one attached hydrogen (secondary N) is 1. The summed E-state index contributed by atoms with van der Waals surface area (Å²) < 4.78 is 1.02. The van der Waals surface area contributed by atoms with E-state index in [4.69, 9.17) is 0 Å². The van der Waals surface area contributed by atoms with E-state index < -0.39 is 0 Å². The van der Waals surface area contributed by atoms with Crippen molar-refractivity contribution >= 4 is 33.2 Å². The molecule has 16 heavy (non-hydrogen) atoms. The first kappa shape index (κ1) is 12.1. The molecular formula is C11H15BrN2OS. The van der Waals surface area contributed by atoms with Crippen molar-refractivity contribution in [3.63, 3.8) is 0 Å². The maximum absolute atomic E-state index is 12.1. The highest BCUT2D eigenvalue weighted by Gasteiger charge is 2.26. The Labute approximate surface area is 108 Å². The van der Waals surface area contributed by atoms with Crippen molar-refractivity contribution < 1.29 is 4.79 Å². The van der Waals surface area contributed by atoms with Crippen LogP contribution in [0.3, 0.4) is 0 Å². The van der Waals surface area contributed by atoms with Crippen molar-refractivity contribution in [3.05, 3.63) is 20.8 Å². The van der Waals surface area contributed by atoms with Gasteiger partial charge < -0.3 is 10.2 Å². The largest absolute Gasteiger partial charge is 0.338 e. The van der Waals surface area contributed by atoms with Crippen molar-refractivity contribution in [1.82, 2.24) is 10.2 Å². The number of nitrogens with zero attached hydrogens (tertiary/aromatic N) is 1. The molecule has 1 aliphatic heterocycles. The van der Waals surface area contributed by atoms with Gasteiger partial charge in [0.15, 0.2) is 0 Å². The van der Waals surface area contributed by atoms with Crippen LogP contribution in [0, 0.1) is 5.92 Å². The van der Waals surface area contributed by atoms with Gasteiger partial charge >= 0.3 is 0 Å². The first-order valence-corrected chi connectivity index (χ1v) is 7.01. The lowest BCUT2D eigenvalue weighted by molar-refractivity contribution is 0.0792. The van der Waals surface area contributed by atoms with Crippen LogP contribution in [0.2, 0.25) is 0 Å². The van der Waals surface area contributed by atoms with E-state index in [0.29, 0.717) is 5.92 Å². The zero-order chi connectivity index (χ0) is 11.5. The molecule has 1 fully saturated rings. The molecule has 1 amide bonds. The third-order valence-corrected chi connectivity index (χ3v) is 4.46. The molecule has 1 saturated heterocycles. The van der Waals surface area contributed by atoms with Crippen molar-refractivity contribution in [1.29, 1.82) is 0 Å². The monoisotopic (exact) mass is 302 g/mol. The Morgan fingerprint density at radius 2 is 2.50 bits per heavy atom. The van der Waals surface area contributed by atoms with Crippen LogP contribution in [-0.4, -0.2) is 37.5 Å². The summed E-state index contributed by atoms with van der Waals surface area (Å²) in [5.74, 6) is 0.784. The van der Waals surface area contributed by atoms with Gasteiger partial charge in [-0.25, -0.2) is 0 Å². The predicted molar refractivity (Wildman–Crippen MR) is 70.0 cm³/mol. The molecule has 0 radical (unpaired) electrons. The molecule has 1 aromatic rings. The summed E-state index contributed by atoms with van der Waals surface area (Å²) in [7, 11) is 1.96. The van der Waals surface area contributed by atoms with Crippen molar-refractivity contribution in [2.24, 2.45) is 5.92 Å². The number of carbonyl (C=O) groups excluding carboxylic acids is 1. The molecule has 0 saturated carbocycles. The Morgan fingerprint density at radius 1 is 1.69 bits per heavy atom. The summed E-state index contributed by atoms with van der Waals surface area (Å²) >= 11 is 4.89. The number of likely N-dealkylation sites (tertiary alicyclic amines) is 1. The van der Waals surface area contributed by atoms with E-state index in [1.54, 1.807) is 0 Å². The van der Waals surface area contributed by atoms with Crippen LogP contribution in [0.4, 0.5) is 0 Å². The fourth-order valence-corrected chi connectivity index (χ4v) is 3.41. The molecular weight excluding hydrogens is 288 g/mol. The van der Waals surface area contributed by atoms with Crippen molar-refractivity contribution in [2.45, 2.75) is 6.42 Å². The Bertz CT molecular complexity index is 380. The van der Waals surface area contributed by atoms with Gasteiger partial charge in [-0.15, -0.1) is 11.3 Å². The average Bonchev–Trinajstić information content (AvgIpc) is 2.87. The Morgan fingerprint density at radius 3 is 3.12 bits per heavy atom. The summed E-state index contributed by atoms with van der Waals surface area (Å²) in [6.45, 7) is 2.77. The van der Waals surface area contributed by atoms with Gasteiger partial charge in [0.05, 0.1) is 8.66 Å². The van der Waals surface area contributed by atoms with Crippen molar-refractivity contribution in [2.75, 3.05) is 26.7 Å². The second-order valence-electron chi connectivity index (χ2n) is 4.07. The third kappa shape index (κ3) is 2.64. The van der Waals surface area contributed by atoms with Gasteiger partial charge in [0.1, 0.15) is 0 Å². The zero-order valence-electron chi connectivity index (χ0n) is 9.20.